The summed E-state index contributed by atoms with van der Waals surface area (Å²) < 4.78 is 5.39. The van der Waals surface area contributed by atoms with Gasteiger partial charge in [0, 0.05) is 50.5 Å². The Hall–Kier alpha value is -1.93. The van der Waals surface area contributed by atoms with E-state index in [1.807, 2.05) is 17.9 Å². The number of nitrogens with two attached hydrogens (primary N) is 1. The Morgan fingerprint density at radius 1 is 1.11 bits per heavy atom. The summed E-state index contributed by atoms with van der Waals surface area (Å²) in [5.41, 5.74) is 6.72. The number of amides is 1. The van der Waals surface area contributed by atoms with Crippen LogP contribution in [0.5, 0.6) is 0 Å². The molecule has 28 heavy (non-hydrogen) atoms. The number of nitrogens with zero attached hydrogens (tertiary/aromatic N) is 5. The van der Waals surface area contributed by atoms with Crippen molar-refractivity contribution in [1.82, 2.24) is 19.8 Å². The Balaban J connectivity index is 1.32. The number of morpholine rings is 1. The van der Waals surface area contributed by atoms with E-state index in [1.165, 1.54) is 0 Å². The van der Waals surface area contributed by atoms with Gasteiger partial charge < -0.3 is 20.3 Å². The van der Waals surface area contributed by atoms with Crippen molar-refractivity contribution >= 4 is 17.7 Å². The first-order chi connectivity index (χ1) is 13.6. The number of anilines is 2. The molecule has 154 valence electrons. The SMILES string of the molecule is Cc1cc(N2CCC(N3CCCC(C(=O)N4CCOCC4)C3)CC2)nc(N)n1. The summed E-state index contributed by atoms with van der Waals surface area (Å²) in [5, 5.41) is 0. The summed E-state index contributed by atoms with van der Waals surface area (Å²) in [5.74, 6) is 1.76. The molecule has 8 nitrogen and oxygen atoms in total. The van der Waals surface area contributed by atoms with E-state index in [-0.39, 0.29) is 5.92 Å². The lowest BCUT2D eigenvalue weighted by Gasteiger charge is -2.43. The van der Waals surface area contributed by atoms with Gasteiger partial charge in [-0.2, -0.15) is 4.98 Å². The molecule has 1 unspecified atom stereocenters. The van der Waals surface area contributed by atoms with Gasteiger partial charge in [0.25, 0.3) is 0 Å². The first-order valence-corrected chi connectivity index (χ1v) is 10.6. The number of aryl methyl sites for hydroxylation is 1. The topological polar surface area (TPSA) is 87.8 Å². The molecule has 0 aromatic carbocycles. The van der Waals surface area contributed by atoms with Crippen molar-refractivity contribution in [2.24, 2.45) is 5.92 Å². The van der Waals surface area contributed by atoms with E-state index < -0.39 is 0 Å². The highest BCUT2D eigenvalue weighted by Crippen LogP contribution is 2.27. The van der Waals surface area contributed by atoms with Gasteiger partial charge in [-0.25, -0.2) is 4.98 Å². The fourth-order valence-electron chi connectivity index (χ4n) is 4.78. The third kappa shape index (κ3) is 4.38. The predicted octanol–water partition coefficient (Wildman–Crippen LogP) is 0.907. The van der Waals surface area contributed by atoms with Gasteiger partial charge >= 0.3 is 0 Å². The quantitative estimate of drug-likeness (QED) is 0.823. The average Bonchev–Trinajstić information content (AvgIpc) is 2.73. The Morgan fingerprint density at radius 2 is 1.86 bits per heavy atom. The van der Waals surface area contributed by atoms with Gasteiger partial charge in [-0.05, 0) is 39.2 Å². The van der Waals surface area contributed by atoms with Crippen LogP contribution < -0.4 is 10.6 Å². The van der Waals surface area contributed by atoms with Crippen LogP contribution in [0.1, 0.15) is 31.4 Å². The lowest BCUT2D eigenvalue weighted by atomic mass is 9.92. The number of rotatable bonds is 3. The minimum atomic E-state index is 0.147. The van der Waals surface area contributed by atoms with Crippen molar-refractivity contribution in [1.29, 1.82) is 0 Å². The van der Waals surface area contributed by atoms with Gasteiger partial charge in [0.1, 0.15) is 5.82 Å². The van der Waals surface area contributed by atoms with Crippen LogP contribution in [-0.2, 0) is 9.53 Å². The van der Waals surface area contributed by atoms with Gasteiger partial charge in [0.15, 0.2) is 0 Å². The molecule has 3 saturated heterocycles. The van der Waals surface area contributed by atoms with E-state index in [4.69, 9.17) is 10.5 Å². The lowest BCUT2D eigenvalue weighted by Crippen LogP contribution is -2.52. The molecule has 3 aliphatic rings. The highest BCUT2D eigenvalue weighted by atomic mass is 16.5. The summed E-state index contributed by atoms with van der Waals surface area (Å²) in [7, 11) is 0. The largest absolute Gasteiger partial charge is 0.378 e. The standard InChI is InChI=1S/C20H32N6O2/c1-15-13-18(23-20(21)22-15)24-7-4-17(5-8-24)26-6-2-3-16(14-26)19(27)25-9-11-28-12-10-25/h13,16-17H,2-12,14H2,1H3,(H2,21,22,23). The maximum atomic E-state index is 12.9. The van der Waals surface area contributed by atoms with Crippen LogP contribution >= 0.6 is 0 Å². The van der Waals surface area contributed by atoms with Crippen molar-refractivity contribution in [2.45, 2.75) is 38.6 Å². The van der Waals surface area contributed by atoms with Gasteiger partial charge in [-0.15, -0.1) is 0 Å². The van der Waals surface area contributed by atoms with Crippen molar-refractivity contribution in [3.05, 3.63) is 11.8 Å². The second-order valence-corrected chi connectivity index (χ2v) is 8.22. The number of likely N-dealkylation sites (tertiary alicyclic amines) is 1. The Bertz CT molecular complexity index is 665. The first kappa shape index (κ1) is 19.4. The fourth-order valence-corrected chi connectivity index (χ4v) is 4.78. The molecule has 8 heteroatoms. The predicted molar refractivity (Wildman–Crippen MR) is 108 cm³/mol. The van der Waals surface area contributed by atoms with E-state index in [0.717, 1.165) is 76.5 Å². The molecule has 2 N–H and O–H groups in total. The number of carbonyl (C=O) groups excluding carboxylic acids is 1. The van der Waals surface area contributed by atoms with Crippen molar-refractivity contribution in [2.75, 3.05) is 63.1 Å². The molecule has 3 fully saturated rings. The second-order valence-electron chi connectivity index (χ2n) is 8.22. The third-order valence-electron chi connectivity index (χ3n) is 6.29. The van der Waals surface area contributed by atoms with Crippen molar-refractivity contribution in [3.8, 4) is 0 Å². The molecule has 1 atom stereocenters. The van der Waals surface area contributed by atoms with E-state index in [1.54, 1.807) is 0 Å². The number of hydrogen-bond acceptors (Lipinski definition) is 7. The second kappa shape index (κ2) is 8.61. The molecule has 4 rings (SSSR count). The van der Waals surface area contributed by atoms with Crippen LogP contribution in [0.2, 0.25) is 0 Å². The Labute approximate surface area is 167 Å². The Kier molecular flexibility index (Phi) is 5.96. The van der Waals surface area contributed by atoms with Gasteiger partial charge in [-0.1, -0.05) is 0 Å². The molecule has 0 saturated carbocycles. The molecule has 1 amide bonds. The number of aromatic nitrogens is 2. The van der Waals surface area contributed by atoms with Crippen LogP contribution in [0.4, 0.5) is 11.8 Å². The molecule has 1 aromatic rings. The summed E-state index contributed by atoms with van der Waals surface area (Å²) in [6, 6.07) is 2.56. The van der Waals surface area contributed by atoms with Crippen LogP contribution in [-0.4, -0.2) is 84.2 Å². The number of nitrogen functional groups attached to an aromatic ring is 1. The molecule has 4 heterocycles. The zero-order valence-electron chi connectivity index (χ0n) is 16.8. The molecule has 0 bridgehead atoms. The molecular formula is C20H32N6O2. The van der Waals surface area contributed by atoms with Crippen molar-refractivity contribution < 1.29 is 9.53 Å². The monoisotopic (exact) mass is 388 g/mol. The summed E-state index contributed by atoms with van der Waals surface area (Å²) in [4.78, 5) is 28.3. The van der Waals surface area contributed by atoms with Crippen LogP contribution in [0.15, 0.2) is 6.07 Å². The van der Waals surface area contributed by atoms with Crippen LogP contribution in [0, 0.1) is 12.8 Å². The average molecular weight is 389 g/mol. The number of piperidine rings is 2. The minimum Gasteiger partial charge on any atom is -0.378 e. The summed E-state index contributed by atoms with van der Waals surface area (Å²) >= 11 is 0. The van der Waals surface area contributed by atoms with Crippen LogP contribution in [0.3, 0.4) is 0 Å². The molecule has 0 aliphatic carbocycles. The molecule has 1 aromatic heterocycles. The lowest BCUT2D eigenvalue weighted by molar-refractivity contribution is -0.141. The molecule has 3 aliphatic heterocycles. The van der Waals surface area contributed by atoms with Gasteiger partial charge in [0.2, 0.25) is 11.9 Å². The summed E-state index contributed by atoms with van der Waals surface area (Å²) in [6.45, 7) is 8.75. The van der Waals surface area contributed by atoms with E-state index in [9.17, 15) is 4.79 Å². The van der Waals surface area contributed by atoms with E-state index in [2.05, 4.69) is 19.8 Å². The fraction of sp³-hybridized carbons (Fsp3) is 0.750. The van der Waals surface area contributed by atoms with Gasteiger partial charge in [0.05, 0.1) is 19.1 Å². The molecule has 0 spiro atoms. The molecule has 0 radical (unpaired) electrons. The third-order valence-corrected chi connectivity index (χ3v) is 6.29. The highest BCUT2D eigenvalue weighted by Gasteiger charge is 2.34. The number of hydrogen-bond donors (Lipinski definition) is 1. The zero-order chi connectivity index (χ0) is 19.5. The van der Waals surface area contributed by atoms with E-state index >= 15 is 0 Å². The minimum absolute atomic E-state index is 0.147. The first-order valence-electron chi connectivity index (χ1n) is 10.6. The highest BCUT2D eigenvalue weighted by molar-refractivity contribution is 5.79. The maximum absolute atomic E-state index is 12.9. The zero-order valence-corrected chi connectivity index (χ0v) is 16.8. The Morgan fingerprint density at radius 3 is 2.57 bits per heavy atom. The number of carbonyl (C=O) groups is 1. The van der Waals surface area contributed by atoms with Crippen LogP contribution in [0.25, 0.3) is 0 Å². The summed E-state index contributed by atoms with van der Waals surface area (Å²) in [6.07, 6.45) is 4.33. The van der Waals surface area contributed by atoms with Crippen molar-refractivity contribution in [3.63, 3.8) is 0 Å². The normalized spacial score (nSPS) is 25.1. The molecular weight excluding hydrogens is 356 g/mol. The van der Waals surface area contributed by atoms with E-state index in [0.29, 0.717) is 31.1 Å². The maximum Gasteiger partial charge on any atom is 0.227 e. The van der Waals surface area contributed by atoms with Gasteiger partial charge in [-0.3, -0.25) is 9.69 Å². The number of ether oxygens (including phenoxy) is 1. The smallest absolute Gasteiger partial charge is 0.227 e.